The van der Waals surface area contributed by atoms with Gasteiger partial charge in [-0.3, -0.25) is 4.99 Å². The Bertz CT molecular complexity index is 337. The van der Waals surface area contributed by atoms with Gasteiger partial charge in [0.2, 0.25) is 0 Å². The molecule has 0 aromatic heterocycles. The van der Waals surface area contributed by atoms with Crippen LogP contribution in [-0.4, -0.2) is 54.6 Å². The summed E-state index contributed by atoms with van der Waals surface area (Å²) in [7, 11) is 3.47. The number of aliphatic imine (C=N–C) groups is 1. The summed E-state index contributed by atoms with van der Waals surface area (Å²) < 4.78 is 0. The van der Waals surface area contributed by atoms with Crippen molar-refractivity contribution < 1.29 is 4.79 Å². The van der Waals surface area contributed by atoms with E-state index in [1.807, 2.05) is 11.8 Å². The van der Waals surface area contributed by atoms with Crippen LogP contribution in [0.5, 0.6) is 0 Å². The number of nitrogens with one attached hydrogen (secondary N) is 2. The summed E-state index contributed by atoms with van der Waals surface area (Å²) in [6.07, 6.45) is 5.21. The van der Waals surface area contributed by atoms with Gasteiger partial charge in [0.15, 0.2) is 5.17 Å². The van der Waals surface area contributed by atoms with Gasteiger partial charge in [0.25, 0.3) is 0 Å². The predicted octanol–water partition coefficient (Wildman–Crippen LogP) is 1.26. The van der Waals surface area contributed by atoms with Crippen LogP contribution in [0.4, 0.5) is 4.79 Å². The summed E-state index contributed by atoms with van der Waals surface area (Å²) in [6.45, 7) is 1.24. The third-order valence-electron chi connectivity index (χ3n) is 3.47. The minimum Gasteiger partial charge on any atom is -0.359 e. The number of hydrogen-bond donors (Lipinski definition) is 2. The van der Waals surface area contributed by atoms with Crippen LogP contribution in [0.25, 0.3) is 0 Å². The van der Waals surface area contributed by atoms with Crippen molar-refractivity contribution in [2.75, 3.05) is 32.9 Å². The van der Waals surface area contributed by atoms with E-state index in [4.69, 9.17) is 0 Å². The van der Waals surface area contributed by atoms with Gasteiger partial charge in [0, 0.05) is 31.9 Å². The Morgan fingerprint density at radius 2 is 2.22 bits per heavy atom. The molecule has 18 heavy (non-hydrogen) atoms. The van der Waals surface area contributed by atoms with E-state index >= 15 is 0 Å². The molecule has 0 aromatic rings. The zero-order valence-corrected chi connectivity index (χ0v) is 12.0. The van der Waals surface area contributed by atoms with Gasteiger partial charge in [-0.15, -0.1) is 0 Å². The molecule has 2 rings (SSSR count). The number of carbonyl (C=O) groups is 1. The van der Waals surface area contributed by atoms with E-state index in [1.54, 1.807) is 14.1 Å². The number of rotatable bonds is 3. The van der Waals surface area contributed by atoms with Gasteiger partial charge in [-0.1, -0.05) is 24.6 Å². The lowest BCUT2D eigenvalue weighted by Crippen LogP contribution is -2.41. The standard InChI is InChI=1S/C12H22N4OS/c1-16(2)11(17)14-8-7-13-10-15-12(9-18-10)5-3-4-6-12/h3-9H2,1-2H3,(H,13,15)(H,14,17). The Hall–Kier alpha value is -0.910. The van der Waals surface area contributed by atoms with Gasteiger partial charge in [0.1, 0.15) is 0 Å². The fourth-order valence-electron chi connectivity index (χ4n) is 2.39. The highest BCUT2D eigenvalue weighted by Crippen LogP contribution is 2.37. The highest BCUT2D eigenvalue weighted by Gasteiger charge is 2.39. The van der Waals surface area contributed by atoms with Crippen LogP contribution in [0, 0.1) is 0 Å². The highest BCUT2D eigenvalue weighted by atomic mass is 32.2. The zero-order valence-electron chi connectivity index (χ0n) is 11.2. The second-order valence-electron chi connectivity index (χ2n) is 5.21. The van der Waals surface area contributed by atoms with Crippen molar-refractivity contribution in [3.63, 3.8) is 0 Å². The van der Waals surface area contributed by atoms with Crippen molar-refractivity contribution in [1.29, 1.82) is 0 Å². The lowest BCUT2D eigenvalue weighted by molar-refractivity contribution is 0.218. The van der Waals surface area contributed by atoms with Gasteiger partial charge < -0.3 is 15.5 Å². The number of thioether (sulfide) groups is 1. The maximum absolute atomic E-state index is 11.3. The van der Waals surface area contributed by atoms with Crippen LogP contribution in [0.15, 0.2) is 4.99 Å². The molecule has 1 heterocycles. The van der Waals surface area contributed by atoms with Crippen molar-refractivity contribution in [2.24, 2.45) is 4.99 Å². The summed E-state index contributed by atoms with van der Waals surface area (Å²) in [6, 6.07) is -0.0607. The van der Waals surface area contributed by atoms with Crippen LogP contribution in [-0.2, 0) is 0 Å². The molecule has 0 unspecified atom stereocenters. The average molecular weight is 270 g/mol. The van der Waals surface area contributed by atoms with Gasteiger partial charge in [0.05, 0.1) is 6.54 Å². The van der Waals surface area contributed by atoms with E-state index in [1.165, 1.54) is 30.6 Å². The third-order valence-corrected chi connectivity index (χ3v) is 4.67. The Morgan fingerprint density at radius 1 is 1.50 bits per heavy atom. The van der Waals surface area contributed by atoms with Crippen molar-refractivity contribution in [3.8, 4) is 0 Å². The Kier molecular flexibility index (Phi) is 4.37. The molecule has 2 aliphatic rings. The van der Waals surface area contributed by atoms with E-state index < -0.39 is 0 Å². The zero-order chi connectivity index (χ0) is 13.0. The summed E-state index contributed by atoms with van der Waals surface area (Å²) in [5, 5.41) is 7.43. The van der Waals surface area contributed by atoms with Crippen molar-refractivity contribution in [1.82, 2.24) is 15.5 Å². The molecule has 0 aromatic carbocycles. The van der Waals surface area contributed by atoms with Crippen molar-refractivity contribution >= 4 is 23.0 Å². The van der Waals surface area contributed by atoms with Crippen LogP contribution in [0.2, 0.25) is 0 Å². The SMILES string of the molecule is CN(C)C(=O)NCCN=C1NC2(CCCC2)CS1. The first-order chi connectivity index (χ1) is 8.61. The molecule has 6 heteroatoms. The molecule has 1 aliphatic heterocycles. The van der Waals surface area contributed by atoms with E-state index in [2.05, 4.69) is 15.6 Å². The molecule has 1 saturated heterocycles. The van der Waals surface area contributed by atoms with Crippen LogP contribution < -0.4 is 10.6 Å². The maximum atomic E-state index is 11.3. The van der Waals surface area contributed by atoms with Gasteiger partial charge in [-0.05, 0) is 12.8 Å². The molecule has 1 spiro atoms. The second-order valence-corrected chi connectivity index (χ2v) is 6.18. The first kappa shape index (κ1) is 13.5. The molecule has 2 N–H and O–H groups in total. The van der Waals surface area contributed by atoms with E-state index in [0.717, 1.165) is 10.9 Å². The van der Waals surface area contributed by atoms with E-state index in [9.17, 15) is 4.79 Å². The third kappa shape index (κ3) is 3.31. The van der Waals surface area contributed by atoms with Crippen LogP contribution in [0.3, 0.4) is 0 Å². The number of nitrogens with zero attached hydrogens (tertiary/aromatic N) is 2. The molecule has 102 valence electrons. The normalized spacial score (nSPS) is 23.3. The fourth-order valence-corrected chi connectivity index (χ4v) is 3.64. The van der Waals surface area contributed by atoms with Gasteiger partial charge in [-0.25, -0.2) is 4.79 Å². The molecule has 1 aliphatic carbocycles. The van der Waals surface area contributed by atoms with Crippen LogP contribution >= 0.6 is 11.8 Å². The summed E-state index contributed by atoms with van der Waals surface area (Å²) in [5.74, 6) is 1.15. The monoisotopic (exact) mass is 270 g/mol. The smallest absolute Gasteiger partial charge is 0.316 e. The summed E-state index contributed by atoms with van der Waals surface area (Å²) >= 11 is 1.82. The van der Waals surface area contributed by atoms with Crippen LogP contribution in [0.1, 0.15) is 25.7 Å². The molecule has 1 saturated carbocycles. The first-order valence-electron chi connectivity index (χ1n) is 6.52. The Labute approximate surface area is 113 Å². The minimum atomic E-state index is -0.0607. The molecular weight excluding hydrogens is 248 g/mol. The molecule has 0 bridgehead atoms. The lowest BCUT2D eigenvalue weighted by atomic mass is 10.0. The Balaban J connectivity index is 1.70. The first-order valence-corrected chi connectivity index (χ1v) is 7.50. The quantitative estimate of drug-likeness (QED) is 0.759. The van der Waals surface area contributed by atoms with E-state index in [-0.39, 0.29) is 6.03 Å². The van der Waals surface area contributed by atoms with Crippen molar-refractivity contribution in [3.05, 3.63) is 0 Å². The topological polar surface area (TPSA) is 56.7 Å². The highest BCUT2D eigenvalue weighted by molar-refractivity contribution is 8.14. The predicted molar refractivity (Wildman–Crippen MR) is 76.2 cm³/mol. The fraction of sp³-hybridized carbons (Fsp3) is 0.833. The Morgan fingerprint density at radius 3 is 2.89 bits per heavy atom. The average Bonchev–Trinajstić information content (AvgIpc) is 2.95. The molecule has 0 radical (unpaired) electrons. The second kappa shape index (κ2) is 5.82. The number of carbonyl (C=O) groups excluding carboxylic acids is 1. The number of amidine groups is 1. The molecule has 0 atom stereocenters. The molecule has 2 amide bonds. The number of urea groups is 1. The summed E-state index contributed by atoms with van der Waals surface area (Å²) in [5.41, 5.74) is 0.330. The maximum Gasteiger partial charge on any atom is 0.316 e. The lowest BCUT2D eigenvalue weighted by Gasteiger charge is -2.21. The summed E-state index contributed by atoms with van der Waals surface area (Å²) in [4.78, 5) is 17.3. The van der Waals surface area contributed by atoms with Gasteiger partial charge >= 0.3 is 6.03 Å². The van der Waals surface area contributed by atoms with E-state index in [0.29, 0.717) is 18.6 Å². The molecule has 2 fully saturated rings. The largest absolute Gasteiger partial charge is 0.359 e. The minimum absolute atomic E-state index is 0.0607. The number of amides is 2. The number of hydrogen-bond acceptors (Lipinski definition) is 3. The molecule has 5 nitrogen and oxygen atoms in total. The van der Waals surface area contributed by atoms with Gasteiger partial charge in [-0.2, -0.15) is 0 Å². The van der Waals surface area contributed by atoms with Crippen molar-refractivity contribution in [2.45, 2.75) is 31.2 Å². The molecular formula is C12H22N4OS.